The minimum atomic E-state index is 0.621. The Morgan fingerprint density at radius 3 is 2.86 bits per heavy atom. The molecule has 0 saturated heterocycles. The molecule has 1 aromatic rings. The monoisotopic (exact) mass is 323 g/mol. The predicted molar refractivity (Wildman–Crippen MR) is 70.7 cm³/mol. The fraction of sp³-hybridized carbons (Fsp3) is 0.556. The molecule has 3 nitrogen and oxygen atoms in total. The van der Waals surface area contributed by atoms with Crippen LogP contribution in [0.5, 0.6) is 0 Å². The van der Waals surface area contributed by atoms with Crippen LogP contribution in [-0.2, 0) is 5.75 Å². The molecular weight excluding hydrogens is 309 g/mol. The van der Waals surface area contributed by atoms with E-state index in [1.807, 2.05) is 25.0 Å². The molecule has 1 heterocycles. The largest absolute Gasteiger partial charge is 0.372 e. The lowest BCUT2D eigenvalue weighted by Gasteiger charge is -2.06. The van der Waals surface area contributed by atoms with Crippen molar-refractivity contribution in [2.24, 2.45) is 0 Å². The van der Waals surface area contributed by atoms with Gasteiger partial charge >= 0.3 is 0 Å². The van der Waals surface area contributed by atoms with Crippen molar-refractivity contribution >= 4 is 40.2 Å². The van der Waals surface area contributed by atoms with E-state index in [2.05, 4.69) is 51.7 Å². The summed E-state index contributed by atoms with van der Waals surface area (Å²) in [6.45, 7) is 4.35. The highest BCUT2D eigenvalue weighted by molar-refractivity contribution is 14.1. The van der Waals surface area contributed by atoms with E-state index >= 15 is 0 Å². The maximum absolute atomic E-state index is 4.41. The number of halogens is 1. The average molecular weight is 323 g/mol. The Labute approximate surface area is 103 Å². The quantitative estimate of drug-likeness (QED) is 0.865. The van der Waals surface area contributed by atoms with Crippen LogP contribution in [0, 0.1) is 3.57 Å². The Morgan fingerprint density at radius 1 is 1.57 bits per heavy atom. The van der Waals surface area contributed by atoms with Gasteiger partial charge in [-0.3, -0.25) is 0 Å². The second-order valence-corrected chi connectivity index (χ2v) is 5.82. The number of nitrogens with one attached hydrogen (secondary N) is 1. The number of aromatic nitrogens is 2. The van der Waals surface area contributed by atoms with E-state index in [1.54, 1.807) is 0 Å². The van der Waals surface area contributed by atoms with E-state index < -0.39 is 0 Å². The first-order chi connectivity index (χ1) is 6.63. The molecule has 0 radical (unpaired) electrons. The van der Waals surface area contributed by atoms with Crippen molar-refractivity contribution in [1.29, 1.82) is 0 Å². The van der Waals surface area contributed by atoms with Gasteiger partial charge in [-0.25, -0.2) is 9.97 Å². The minimum Gasteiger partial charge on any atom is -0.372 e. The molecule has 0 aromatic carbocycles. The summed E-state index contributed by atoms with van der Waals surface area (Å²) in [7, 11) is 1.88. The van der Waals surface area contributed by atoms with Crippen molar-refractivity contribution < 1.29 is 0 Å². The number of thioether (sulfide) groups is 1. The molecule has 0 spiro atoms. The summed E-state index contributed by atoms with van der Waals surface area (Å²) < 4.78 is 1.06. The fourth-order valence-corrected chi connectivity index (χ4v) is 2.04. The third-order valence-corrected chi connectivity index (χ3v) is 3.46. The summed E-state index contributed by atoms with van der Waals surface area (Å²) in [6, 6.07) is 0. The maximum atomic E-state index is 4.41. The fourth-order valence-electron chi connectivity index (χ4n) is 0.890. The van der Waals surface area contributed by atoms with E-state index in [9.17, 15) is 0 Å². The zero-order chi connectivity index (χ0) is 10.6. The Bertz CT molecular complexity index is 304. The third-order valence-electron chi connectivity index (χ3n) is 1.58. The number of anilines is 1. The smallest absolute Gasteiger partial charge is 0.142 e. The summed E-state index contributed by atoms with van der Waals surface area (Å²) in [5.74, 6) is 2.69. The summed E-state index contributed by atoms with van der Waals surface area (Å²) >= 11 is 4.08. The van der Waals surface area contributed by atoms with Gasteiger partial charge in [-0.2, -0.15) is 11.8 Å². The second kappa shape index (κ2) is 5.75. The molecule has 5 heteroatoms. The van der Waals surface area contributed by atoms with Gasteiger partial charge < -0.3 is 5.32 Å². The van der Waals surface area contributed by atoms with E-state index in [4.69, 9.17) is 0 Å². The lowest BCUT2D eigenvalue weighted by molar-refractivity contribution is 1.01. The van der Waals surface area contributed by atoms with Gasteiger partial charge in [-0.15, -0.1) is 0 Å². The number of nitrogens with zero attached hydrogens (tertiary/aromatic N) is 2. The molecule has 14 heavy (non-hydrogen) atoms. The highest BCUT2D eigenvalue weighted by atomic mass is 127. The Kier molecular flexibility index (Phi) is 4.94. The summed E-state index contributed by atoms with van der Waals surface area (Å²) in [5, 5.41) is 3.68. The van der Waals surface area contributed by atoms with E-state index in [0.29, 0.717) is 5.25 Å². The molecule has 0 atom stereocenters. The highest BCUT2D eigenvalue weighted by Crippen LogP contribution is 2.18. The van der Waals surface area contributed by atoms with Crippen molar-refractivity contribution in [3.8, 4) is 0 Å². The van der Waals surface area contributed by atoms with Crippen LogP contribution in [0.4, 0.5) is 5.82 Å². The van der Waals surface area contributed by atoms with Crippen molar-refractivity contribution in [3.63, 3.8) is 0 Å². The zero-order valence-electron chi connectivity index (χ0n) is 8.54. The normalized spacial score (nSPS) is 10.6. The zero-order valence-corrected chi connectivity index (χ0v) is 11.5. The van der Waals surface area contributed by atoms with Crippen LogP contribution in [0.2, 0.25) is 0 Å². The molecule has 0 bridgehead atoms. The molecule has 0 aliphatic heterocycles. The number of rotatable bonds is 4. The van der Waals surface area contributed by atoms with Crippen LogP contribution >= 0.6 is 34.4 Å². The SMILES string of the molecule is CNc1nc(CSC(C)C)ncc1I. The molecule has 0 fully saturated rings. The maximum Gasteiger partial charge on any atom is 0.142 e. The lowest BCUT2D eigenvalue weighted by atomic mass is 10.5. The van der Waals surface area contributed by atoms with Gasteiger partial charge in [0, 0.05) is 13.2 Å². The summed E-state index contributed by atoms with van der Waals surface area (Å²) in [4.78, 5) is 8.69. The van der Waals surface area contributed by atoms with Crippen molar-refractivity contribution in [1.82, 2.24) is 9.97 Å². The van der Waals surface area contributed by atoms with Crippen LogP contribution in [0.25, 0.3) is 0 Å². The van der Waals surface area contributed by atoms with Gasteiger partial charge in [0.2, 0.25) is 0 Å². The molecule has 78 valence electrons. The molecule has 1 aromatic heterocycles. The highest BCUT2D eigenvalue weighted by Gasteiger charge is 2.04. The van der Waals surface area contributed by atoms with Crippen LogP contribution in [0.3, 0.4) is 0 Å². The van der Waals surface area contributed by atoms with E-state index in [0.717, 1.165) is 21.0 Å². The van der Waals surface area contributed by atoms with Gasteiger partial charge in [0.25, 0.3) is 0 Å². The van der Waals surface area contributed by atoms with Gasteiger partial charge in [0.1, 0.15) is 11.6 Å². The lowest BCUT2D eigenvalue weighted by Crippen LogP contribution is -2.02. The first kappa shape index (κ1) is 12.0. The number of hydrogen-bond acceptors (Lipinski definition) is 4. The number of hydrogen-bond donors (Lipinski definition) is 1. The Morgan fingerprint density at radius 2 is 2.29 bits per heavy atom. The van der Waals surface area contributed by atoms with Crippen molar-refractivity contribution in [2.75, 3.05) is 12.4 Å². The van der Waals surface area contributed by atoms with Crippen LogP contribution in [0.15, 0.2) is 6.20 Å². The first-order valence-electron chi connectivity index (χ1n) is 4.44. The van der Waals surface area contributed by atoms with Crippen LogP contribution in [-0.4, -0.2) is 22.3 Å². The molecule has 0 unspecified atom stereocenters. The standard InChI is InChI=1S/C9H14IN3S/c1-6(2)14-5-8-12-4-7(10)9(11-3)13-8/h4,6H,5H2,1-3H3,(H,11,12,13). The van der Waals surface area contributed by atoms with E-state index in [-0.39, 0.29) is 0 Å². The second-order valence-electron chi connectivity index (χ2n) is 3.09. The van der Waals surface area contributed by atoms with Gasteiger partial charge in [-0.1, -0.05) is 13.8 Å². The predicted octanol–water partition coefficient (Wildman–Crippen LogP) is 2.76. The first-order valence-corrected chi connectivity index (χ1v) is 6.57. The van der Waals surface area contributed by atoms with Crippen molar-refractivity contribution in [3.05, 3.63) is 15.6 Å². The molecular formula is C9H14IN3S. The van der Waals surface area contributed by atoms with Crippen molar-refractivity contribution in [2.45, 2.75) is 24.9 Å². The third kappa shape index (κ3) is 3.61. The Hall–Kier alpha value is -0.0400. The van der Waals surface area contributed by atoms with Gasteiger partial charge in [0.05, 0.1) is 9.32 Å². The van der Waals surface area contributed by atoms with E-state index in [1.165, 1.54) is 0 Å². The molecule has 1 N–H and O–H groups in total. The molecule has 1 rings (SSSR count). The van der Waals surface area contributed by atoms with Gasteiger partial charge in [-0.05, 0) is 27.8 Å². The van der Waals surface area contributed by atoms with Crippen LogP contribution in [0.1, 0.15) is 19.7 Å². The molecule has 0 amide bonds. The topological polar surface area (TPSA) is 37.8 Å². The Balaban J connectivity index is 2.69. The molecule has 0 saturated carbocycles. The molecule has 0 aliphatic carbocycles. The van der Waals surface area contributed by atoms with Gasteiger partial charge in [0.15, 0.2) is 0 Å². The minimum absolute atomic E-state index is 0.621. The van der Waals surface area contributed by atoms with Crippen LogP contribution < -0.4 is 5.32 Å². The summed E-state index contributed by atoms with van der Waals surface area (Å²) in [5.41, 5.74) is 0. The molecule has 0 aliphatic rings. The summed E-state index contributed by atoms with van der Waals surface area (Å²) in [6.07, 6.45) is 1.86. The average Bonchev–Trinajstić information content (AvgIpc) is 2.16.